The normalized spacial score (nSPS) is 10.8. The molecule has 0 saturated carbocycles. The highest BCUT2D eigenvalue weighted by Gasteiger charge is 2.15. The summed E-state index contributed by atoms with van der Waals surface area (Å²) < 4.78 is 11.5. The second kappa shape index (κ2) is 10.1. The van der Waals surface area contributed by atoms with Crippen LogP contribution in [0, 0.1) is 6.92 Å². The number of carbonyl (C=O) groups is 1. The van der Waals surface area contributed by atoms with Crippen molar-refractivity contribution in [1.29, 1.82) is 0 Å². The van der Waals surface area contributed by atoms with E-state index in [0.29, 0.717) is 24.9 Å². The Morgan fingerprint density at radius 2 is 1.79 bits per heavy atom. The lowest BCUT2D eigenvalue weighted by Crippen LogP contribution is -2.21. The molecular formula is C26H25N3O4. The van der Waals surface area contributed by atoms with Crippen molar-refractivity contribution < 1.29 is 19.2 Å². The zero-order valence-electron chi connectivity index (χ0n) is 18.5. The molecule has 0 saturated heterocycles. The van der Waals surface area contributed by atoms with Gasteiger partial charge in [-0.05, 0) is 48.7 Å². The number of aryl methyl sites for hydroxylation is 1. The van der Waals surface area contributed by atoms with Crippen molar-refractivity contribution in [2.75, 3.05) is 13.2 Å². The summed E-state index contributed by atoms with van der Waals surface area (Å²) in [6.45, 7) is 4.97. The second-order valence-corrected chi connectivity index (χ2v) is 7.58. The summed E-state index contributed by atoms with van der Waals surface area (Å²) >= 11 is 0. The molecule has 0 spiro atoms. The Morgan fingerprint density at radius 3 is 2.52 bits per heavy atom. The predicted molar refractivity (Wildman–Crippen MR) is 126 cm³/mol. The van der Waals surface area contributed by atoms with Gasteiger partial charge in [-0.25, -0.2) is 0 Å². The minimum atomic E-state index is -0.884. The van der Waals surface area contributed by atoms with Crippen LogP contribution in [0.25, 0.3) is 34.0 Å². The van der Waals surface area contributed by atoms with Gasteiger partial charge in [-0.3, -0.25) is 4.79 Å². The molecule has 1 heterocycles. The van der Waals surface area contributed by atoms with Gasteiger partial charge >= 0.3 is 5.97 Å². The number of nitrogens with one attached hydrogen (secondary N) is 1. The molecule has 0 bridgehead atoms. The fourth-order valence-electron chi connectivity index (χ4n) is 3.57. The molecule has 168 valence electrons. The van der Waals surface area contributed by atoms with Crippen LogP contribution < -0.4 is 10.1 Å². The Hall–Kier alpha value is -3.97. The lowest BCUT2D eigenvalue weighted by Gasteiger charge is -2.13. The lowest BCUT2D eigenvalue weighted by molar-refractivity contribution is -0.136. The Labute approximate surface area is 192 Å². The second-order valence-electron chi connectivity index (χ2n) is 7.58. The summed E-state index contributed by atoms with van der Waals surface area (Å²) in [5.74, 6) is 0.776. The zero-order valence-corrected chi connectivity index (χ0v) is 18.5. The molecule has 0 fully saturated rings. The summed E-state index contributed by atoms with van der Waals surface area (Å²) in [5.41, 5.74) is 5.88. The van der Waals surface area contributed by atoms with Crippen LogP contribution in [-0.2, 0) is 11.3 Å². The van der Waals surface area contributed by atoms with E-state index < -0.39 is 5.97 Å². The number of carboxylic acids is 1. The summed E-state index contributed by atoms with van der Waals surface area (Å²) in [5, 5.41) is 15.7. The molecule has 33 heavy (non-hydrogen) atoms. The minimum Gasteiger partial charge on any atom is -0.493 e. The molecule has 7 nitrogen and oxygen atoms in total. The number of ether oxygens (including phenoxy) is 1. The third kappa shape index (κ3) is 5.27. The highest BCUT2D eigenvalue weighted by atomic mass is 16.5. The predicted octanol–water partition coefficient (Wildman–Crippen LogP) is 4.95. The molecule has 0 aliphatic heterocycles. The van der Waals surface area contributed by atoms with Crippen molar-refractivity contribution in [3.05, 3.63) is 77.9 Å². The Bertz CT molecular complexity index is 1250. The fourth-order valence-corrected chi connectivity index (χ4v) is 3.57. The van der Waals surface area contributed by atoms with Gasteiger partial charge in [0, 0.05) is 23.2 Å². The average Bonchev–Trinajstić information content (AvgIpc) is 3.30. The molecule has 3 aromatic carbocycles. The number of aromatic nitrogens is 2. The summed E-state index contributed by atoms with van der Waals surface area (Å²) in [6, 6.07) is 21.7. The average molecular weight is 444 g/mol. The maximum Gasteiger partial charge on any atom is 0.317 e. The first kappa shape index (κ1) is 22.2. The first-order valence-corrected chi connectivity index (χ1v) is 10.7. The minimum absolute atomic E-state index is 0.0810. The molecule has 4 aromatic rings. The Balaban J connectivity index is 1.56. The first-order chi connectivity index (χ1) is 16.0. The van der Waals surface area contributed by atoms with Crippen molar-refractivity contribution in [2.24, 2.45) is 0 Å². The molecule has 0 aliphatic carbocycles. The molecule has 1 aromatic heterocycles. The molecule has 0 amide bonds. The van der Waals surface area contributed by atoms with E-state index in [1.165, 1.54) is 5.56 Å². The highest BCUT2D eigenvalue weighted by molar-refractivity contribution is 5.76. The van der Waals surface area contributed by atoms with E-state index in [1.54, 1.807) is 0 Å². The van der Waals surface area contributed by atoms with E-state index >= 15 is 0 Å². The van der Waals surface area contributed by atoms with Crippen LogP contribution >= 0.6 is 0 Å². The van der Waals surface area contributed by atoms with Crippen LogP contribution in [0.3, 0.4) is 0 Å². The number of benzene rings is 3. The van der Waals surface area contributed by atoms with Crippen LogP contribution in [-0.4, -0.2) is 34.4 Å². The van der Waals surface area contributed by atoms with Crippen LogP contribution in [0.2, 0.25) is 0 Å². The van der Waals surface area contributed by atoms with Crippen LogP contribution in [0.5, 0.6) is 5.75 Å². The van der Waals surface area contributed by atoms with E-state index in [1.807, 2.05) is 61.5 Å². The van der Waals surface area contributed by atoms with Crippen molar-refractivity contribution in [1.82, 2.24) is 15.5 Å². The maximum absolute atomic E-state index is 10.6. The quantitative estimate of drug-likeness (QED) is 0.378. The summed E-state index contributed by atoms with van der Waals surface area (Å²) in [4.78, 5) is 15.2. The number of rotatable bonds is 9. The van der Waals surface area contributed by atoms with Gasteiger partial charge in [-0.2, -0.15) is 4.98 Å². The van der Waals surface area contributed by atoms with Crippen LogP contribution in [0.15, 0.2) is 71.3 Å². The van der Waals surface area contributed by atoms with Gasteiger partial charge in [0.15, 0.2) is 0 Å². The number of carboxylic acid groups (broad SMARTS) is 1. The fraction of sp³-hybridized carbons (Fsp3) is 0.192. The summed E-state index contributed by atoms with van der Waals surface area (Å²) in [6.07, 6.45) is 0. The van der Waals surface area contributed by atoms with Crippen molar-refractivity contribution in [3.8, 4) is 39.7 Å². The molecule has 0 atom stereocenters. The molecule has 4 rings (SSSR count). The van der Waals surface area contributed by atoms with Crippen molar-refractivity contribution >= 4 is 5.97 Å². The van der Waals surface area contributed by atoms with E-state index in [9.17, 15) is 4.79 Å². The Kier molecular flexibility index (Phi) is 6.80. The number of aliphatic carboxylic acids is 1. The highest BCUT2D eigenvalue weighted by Crippen LogP contribution is 2.36. The lowest BCUT2D eigenvalue weighted by atomic mass is 9.98. The topological polar surface area (TPSA) is 97.5 Å². The van der Waals surface area contributed by atoms with Gasteiger partial charge in [0.2, 0.25) is 5.82 Å². The van der Waals surface area contributed by atoms with Gasteiger partial charge in [0.05, 0.1) is 13.2 Å². The van der Waals surface area contributed by atoms with Crippen molar-refractivity contribution in [3.63, 3.8) is 0 Å². The van der Waals surface area contributed by atoms with Gasteiger partial charge < -0.3 is 19.7 Å². The van der Waals surface area contributed by atoms with E-state index in [2.05, 4.69) is 34.5 Å². The smallest absolute Gasteiger partial charge is 0.317 e. The van der Waals surface area contributed by atoms with Crippen LogP contribution in [0.1, 0.15) is 18.1 Å². The largest absolute Gasteiger partial charge is 0.493 e. The van der Waals surface area contributed by atoms with Crippen LogP contribution in [0.4, 0.5) is 0 Å². The molecule has 0 unspecified atom stereocenters. The third-order valence-electron chi connectivity index (χ3n) is 5.21. The van der Waals surface area contributed by atoms with Gasteiger partial charge in [-0.1, -0.05) is 53.7 Å². The van der Waals surface area contributed by atoms with E-state index in [-0.39, 0.29) is 6.54 Å². The molecule has 2 N–H and O–H groups in total. The number of nitrogens with zero attached hydrogens (tertiary/aromatic N) is 2. The van der Waals surface area contributed by atoms with E-state index in [4.69, 9.17) is 14.4 Å². The standard InChI is InChI=1S/C26H25N3O4/c1-3-32-23-14-20(12-13-22(23)21-7-5-4-6-17(21)2)26-28-25(29-33-26)19-10-8-18(9-11-19)15-27-16-24(30)31/h4-14,27H,3,15-16H2,1-2H3,(H,30,31). The molecule has 0 aliphatic rings. The Morgan fingerprint density at radius 1 is 1.03 bits per heavy atom. The zero-order chi connectivity index (χ0) is 23.2. The SMILES string of the molecule is CCOc1cc(-c2nc(-c3ccc(CNCC(=O)O)cc3)no2)ccc1-c1ccccc1C. The molecule has 7 heteroatoms. The molecular weight excluding hydrogens is 418 g/mol. The van der Waals surface area contributed by atoms with Crippen molar-refractivity contribution in [2.45, 2.75) is 20.4 Å². The first-order valence-electron chi connectivity index (χ1n) is 10.7. The number of hydrogen-bond acceptors (Lipinski definition) is 6. The third-order valence-corrected chi connectivity index (χ3v) is 5.21. The van der Waals surface area contributed by atoms with Gasteiger partial charge in [0.1, 0.15) is 5.75 Å². The van der Waals surface area contributed by atoms with E-state index in [0.717, 1.165) is 33.6 Å². The maximum atomic E-state index is 10.6. The van der Waals surface area contributed by atoms with Gasteiger partial charge in [-0.15, -0.1) is 0 Å². The number of hydrogen-bond donors (Lipinski definition) is 2. The molecule has 0 radical (unpaired) electrons. The summed E-state index contributed by atoms with van der Waals surface area (Å²) in [7, 11) is 0. The van der Waals surface area contributed by atoms with Gasteiger partial charge in [0.25, 0.3) is 5.89 Å². The monoisotopic (exact) mass is 443 g/mol.